The highest BCUT2D eigenvalue weighted by molar-refractivity contribution is 7.09. The zero-order valence-corrected chi connectivity index (χ0v) is 22.0. The predicted molar refractivity (Wildman–Crippen MR) is 147 cm³/mol. The third-order valence-electron chi connectivity index (χ3n) is 6.59. The molecule has 4 rings (SSSR count). The molecule has 10 heteroatoms. The van der Waals surface area contributed by atoms with Gasteiger partial charge < -0.3 is 21.7 Å². The number of amides is 3. The number of hydrogen-bond acceptors (Lipinski definition) is 7. The van der Waals surface area contributed by atoms with Gasteiger partial charge in [0.15, 0.2) is 5.69 Å². The number of nitrogens with two attached hydrogens (primary N) is 2. The van der Waals surface area contributed by atoms with Gasteiger partial charge in [0.25, 0.3) is 11.8 Å². The summed E-state index contributed by atoms with van der Waals surface area (Å²) in [5.74, 6) is -1.63. The highest BCUT2D eigenvalue weighted by atomic mass is 32.1. The van der Waals surface area contributed by atoms with E-state index >= 15 is 0 Å². The van der Waals surface area contributed by atoms with Crippen molar-refractivity contribution in [3.8, 4) is 0 Å². The van der Waals surface area contributed by atoms with E-state index in [2.05, 4.69) is 9.69 Å². The van der Waals surface area contributed by atoms with E-state index in [-0.39, 0.29) is 28.2 Å². The molecule has 1 heterocycles. The number of primary amides is 1. The summed E-state index contributed by atoms with van der Waals surface area (Å²) >= 11 is 0.798. The average Bonchev–Trinajstić information content (AvgIpc) is 3.51. The van der Waals surface area contributed by atoms with Crippen molar-refractivity contribution in [1.29, 1.82) is 0 Å². The number of rotatable bonds is 8. The molecule has 0 spiro atoms. The molecule has 194 valence electrons. The summed E-state index contributed by atoms with van der Waals surface area (Å²) in [6.45, 7) is 1.91. The van der Waals surface area contributed by atoms with Gasteiger partial charge in [0.2, 0.25) is 5.91 Å². The van der Waals surface area contributed by atoms with Gasteiger partial charge in [-0.3, -0.25) is 19.3 Å². The molecule has 0 radical (unpaired) electrons. The van der Waals surface area contributed by atoms with Gasteiger partial charge in [-0.1, -0.05) is 37.1 Å². The van der Waals surface area contributed by atoms with Crippen molar-refractivity contribution < 1.29 is 14.4 Å². The smallest absolute Gasteiger partial charge is 0.273 e. The van der Waals surface area contributed by atoms with Crippen molar-refractivity contribution >= 4 is 46.3 Å². The van der Waals surface area contributed by atoms with Gasteiger partial charge in [-0.25, -0.2) is 0 Å². The number of carbonyl (C=O) groups excluding carboxylic acids is 3. The van der Waals surface area contributed by atoms with Crippen molar-refractivity contribution in [2.24, 2.45) is 5.73 Å². The number of hydrogen-bond donors (Lipinski definition) is 3. The second-order valence-corrected chi connectivity index (χ2v) is 10.3. The van der Waals surface area contributed by atoms with Gasteiger partial charge in [0.1, 0.15) is 10.9 Å². The lowest BCUT2D eigenvalue weighted by Crippen LogP contribution is -2.46. The number of nitrogens with zero attached hydrogens (tertiary/aromatic N) is 3. The van der Waals surface area contributed by atoms with Crippen LogP contribution in [0.4, 0.5) is 17.1 Å². The first-order valence-corrected chi connectivity index (χ1v) is 13.0. The largest absolute Gasteiger partial charge is 0.395 e. The lowest BCUT2D eigenvalue weighted by atomic mass is 10.0. The standard InChI is InChI=1S/C27H32N6O3S/c1-16-7-6-10-20(15-16)33(27(36)24-21(28)22(25(29)34)31-37-24)23(26(35)30-18-8-4-5-9-18)17-11-13-19(14-12-17)32(2)3/h6-7,10-15,18,23H,4-5,8-9,28H2,1-3H3,(H2,29,34)(H,30,35)/t23-/m0/s1. The lowest BCUT2D eigenvalue weighted by Gasteiger charge is -2.32. The Labute approximate surface area is 220 Å². The summed E-state index contributed by atoms with van der Waals surface area (Å²) in [4.78, 5) is 43.3. The van der Waals surface area contributed by atoms with Crippen LogP contribution in [0.5, 0.6) is 0 Å². The summed E-state index contributed by atoms with van der Waals surface area (Å²) < 4.78 is 4.01. The highest BCUT2D eigenvalue weighted by Gasteiger charge is 2.37. The van der Waals surface area contributed by atoms with Gasteiger partial charge in [-0.15, -0.1) is 0 Å². The van der Waals surface area contributed by atoms with Gasteiger partial charge >= 0.3 is 0 Å². The number of aryl methyl sites for hydroxylation is 1. The number of anilines is 3. The van der Waals surface area contributed by atoms with E-state index in [9.17, 15) is 14.4 Å². The van der Waals surface area contributed by atoms with Crippen LogP contribution in [0.3, 0.4) is 0 Å². The number of benzene rings is 2. The molecule has 1 aliphatic rings. The van der Waals surface area contributed by atoms with Gasteiger partial charge in [-0.05, 0) is 66.7 Å². The maximum atomic E-state index is 14.1. The van der Waals surface area contributed by atoms with Crippen molar-refractivity contribution in [2.75, 3.05) is 29.6 Å². The minimum atomic E-state index is -0.982. The van der Waals surface area contributed by atoms with E-state index < -0.39 is 17.9 Å². The zero-order chi connectivity index (χ0) is 26.7. The van der Waals surface area contributed by atoms with Crippen molar-refractivity contribution in [3.63, 3.8) is 0 Å². The maximum absolute atomic E-state index is 14.1. The van der Waals surface area contributed by atoms with Crippen molar-refractivity contribution in [2.45, 2.75) is 44.7 Å². The molecule has 1 fully saturated rings. The summed E-state index contributed by atoms with van der Waals surface area (Å²) in [5, 5.41) is 3.16. The molecule has 1 saturated carbocycles. The second-order valence-electron chi connectivity index (χ2n) is 9.53. The van der Waals surface area contributed by atoms with E-state index in [1.165, 1.54) is 4.90 Å². The third-order valence-corrected chi connectivity index (χ3v) is 7.44. The quantitative estimate of drug-likeness (QED) is 0.415. The van der Waals surface area contributed by atoms with Crippen LogP contribution < -0.4 is 26.6 Å². The minimum absolute atomic E-state index is 0.0545. The van der Waals surface area contributed by atoms with Gasteiger partial charge in [0, 0.05) is 31.5 Å². The van der Waals surface area contributed by atoms with E-state index in [1.807, 2.05) is 68.4 Å². The SMILES string of the molecule is Cc1cccc(N(C(=O)c2snc(C(N)=O)c2N)[C@H](C(=O)NC2CCCC2)c2ccc(N(C)C)cc2)c1. The topological polar surface area (TPSA) is 135 Å². The van der Waals surface area contributed by atoms with Crippen LogP contribution in [0.25, 0.3) is 0 Å². The van der Waals surface area contributed by atoms with Crippen molar-refractivity contribution in [1.82, 2.24) is 9.69 Å². The van der Waals surface area contributed by atoms with E-state index in [1.54, 1.807) is 6.07 Å². The second kappa shape index (κ2) is 11.0. The van der Waals surface area contributed by atoms with Gasteiger partial charge in [-0.2, -0.15) is 4.37 Å². The fourth-order valence-electron chi connectivity index (χ4n) is 4.62. The number of nitrogens with one attached hydrogen (secondary N) is 1. The van der Waals surface area contributed by atoms with Crippen molar-refractivity contribution in [3.05, 3.63) is 70.2 Å². The number of aromatic nitrogens is 1. The Morgan fingerprint density at radius 2 is 1.73 bits per heavy atom. The monoisotopic (exact) mass is 520 g/mol. The van der Waals surface area contributed by atoms with Crippen LogP contribution in [0.1, 0.15) is 63.0 Å². The first-order valence-electron chi connectivity index (χ1n) is 12.2. The molecule has 37 heavy (non-hydrogen) atoms. The first kappa shape index (κ1) is 26.2. The van der Waals surface area contributed by atoms with Crippen LogP contribution in [0.15, 0.2) is 48.5 Å². The molecule has 0 bridgehead atoms. The minimum Gasteiger partial charge on any atom is -0.395 e. The fraction of sp³-hybridized carbons (Fsp3) is 0.333. The molecule has 3 aromatic rings. The molecule has 9 nitrogen and oxygen atoms in total. The predicted octanol–water partition coefficient (Wildman–Crippen LogP) is 3.65. The van der Waals surface area contributed by atoms with Crippen LogP contribution in [0, 0.1) is 6.92 Å². The third kappa shape index (κ3) is 5.59. The molecule has 0 aliphatic heterocycles. The molecule has 1 aliphatic carbocycles. The Morgan fingerprint density at radius 3 is 2.30 bits per heavy atom. The summed E-state index contributed by atoms with van der Waals surface area (Å²) in [6, 6.07) is 14.0. The van der Waals surface area contributed by atoms with E-state index in [0.29, 0.717) is 11.3 Å². The molecule has 5 N–H and O–H groups in total. The Kier molecular flexibility index (Phi) is 7.77. The van der Waals surface area contributed by atoms with E-state index in [0.717, 1.165) is 48.5 Å². The highest BCUT2D eigenvalue weighted by Crippen LogP contribution is 2.34. The maximum Gasteiger partial charge on any atom is 0.273 e. The Hall–Kier alpha value is -3.92. The Balaban J connectivity index is 1.86. The van der Waals surface area contributed by atoms with Crippen LogP contribution in [-0.2, 0) is 4.79 Å². The fourth-order valence-corrected chi connectivity index (χ4v) is 5.37. The molecule has 3 amide bonds. The number of nitrogen functional groups attached to an aromatic ring is 1. The Morgan fingerprint density at radius 1 is 1.05 bits per heavy atom. The van der Waals surface area contributed by atoms with Crippen LogP contribution in [-0.4, -0.2) is 42.2 Å². The normalized spacial score (nSPS) is 14.2. The molecule has 1 atom stereocenters. The Bertz CT molecular complexity index is 1300. The average molecular weight is 521 g/mol. The van der Waals surface area contributed by atoms with Crippen LogP contribution in [0.2, 0.25) is 0 Å². The summed E-state index contributed by atoms with van der Waals surface area (Å²) in [6.07, 6.45) is 3.92. The van der Waals surface area contributed by atoms with Crippen LogP contribution >= 0.6 is 11.5 Å². The molecular weight excluding hydrogens is 488 g/mol. The molecule has 0 unspecified atom stereocenters. The number of carbonyl (C=O) groups is 3. The molecular formula is C27H32N6O3S. The molecule has 0 saturated heterocycles. The summed E-state index contributed by atoms with van der Waals surface area (Å²) in [5.41, 5.74) is 14.4. The lowest BCUT2D eigenvalue weighted by molar-refractivity contribution is -0.123. The first-order chi connectivity index (χ1) is 17.7. The molecule has 1 aromatic heterocycles. The van der Waals surface area contributed by atoms with E-state index in [4.69, 9.17) is 11.5 Å². The summed E-state index contributed by atoms with van der Waals surface area (Å²) in [7, 11) is 3.87. The molecule has 2 aromatic carbocycles. The zero-order valence-electron chi connectivity index (χ0n) is 21.2. The van der Waals surface area contributed by atoms with Gasteiger partial charge in [0.05, 0.1) is 5.69 Å².